The molecular weight excluding hydrogens is 288 g/mol. The first kappa shape index (κ1) is 15.1. The van der Waals surface area contributed by atoms with Crippen LogP contribution in [-0.4, -0.2) is 24.5 Å². The first-order valence-corrected chi connectivity index (χ1v) is 7.71. The number of anilines is 1. The van der Waals surface area contributed by atoms with E-state index in [0.717, 1.165) is 11.1 Å². The molecule has 0 aliphatic carbocycles. The van der Waals surface area contributed by atoms with Gasteiger partial charge < -0.3 is 10.3 Å². The van der Waals surface area contributed by atoms with Gasteiger partial charge in [-0.2, -0.15) is 8.42 Å². The maximum absolute atomic E-state index is 12.2. The van der Waals surface area contributed by atoms with Gasteiger partial charge in [0.2, 0.25) is 0 Å². The van der Waals surface area contributed by atoms with Gasteiger partial charge >= 0.3 is 0 Å². The Labute approximate surface area is 124 Å². The highest BCUT2D eigenvalue weighted by molar-refractivity contribution is 7.92. The zero-order valence-electron chi connectivity index (χ0n) is 11.8. The van der Waals surface area contributed by atoms with Crippen LogP contribution in [0.4, 0.5) is 5.69 Å². The second kappa shape index (κ2) is 5.99. The second-order valence-corrected chi connectivity index (χ2v) is 6.15. The number of nitrogens with two attached hydrogens (primary N) is 1. The van der Waals surface area contributed by atoms with Crippen LogP contribution in [0.5, 0.6) is 0 Å². The molecule has 0 amide bonds. The van der Waals surface area contributed by atoms with Crippen molar-refractivity contribution in [3.8, 4) is 11.8 Å². The molecule has 2 aromatic rings. The molecule has 110 valence electrons. The Balaban J connectivity index is 2.31. The number of aromatic nitrogens is 2. The summed E-state index contributed by atoms with van der Waals surface area (Å²) in [4.78, 5) is 3.84. The number of imidazole rings is 1. The summed E-state index contributed by atoms with van der Waals surface area (Å²) in [6, 6.07) is 5.17. The van der Waals surface area contributed by atoms with Gasteiger partial charge in [0.25, 0.3) is 10.0 Å². The molecule has 7 heteroatoms. The summed E-state index contributed by atoms with van der Waals surface area (Å²) < 4.78 is 28.4. The van der Waals surface area contributed by atoms with Gasteiger partial charge in [0, 0.05) is 18.8 Å². The molecule has 2 rings (SSSR count). The van der Waals surface area contributed by atoms with Crippen molar-refractivity contribution >= 4 is 15.7 Å². The molecule has 0 aliphatic heterocycles. The quantitative estimate of drug-likeness (QED) is 0.822. The maximum atomic E-state index is 12.2. The maximum Gasteiger partial charge on any atom is 0.280 e. The van der Waals surface area contributed by atoms with E-state index in [1.54, 1.807) is 29.8 Å². The normalized spacial score (nSPS) is 10.8. The first-order chi connectivity index (χ1) is 9.92. The zero-order chi connectivity index (χ0) is 15.5. The fourth-order valence-corrected chi connectivity index (χ4v) is 2.73. The molecule has 0 aliphatic rings. The number of aryl methyl sites for hydroxylation is 2. The number of nitrogens with one attached hydrogen (secondary N) is 1. The summed E-state index contributed by atoms with van der Waals surface area (Å²) in [5, 5.41) is -0.0276. The molecule has 0 atom stereocenters. The largest absolute Gasteiger partial charge is 0.339 e. The van der Waals surface area contributed by atoms with Crippen molar-refractivity contribution in [2.75, 3.05) is 11.3 Å². The lowest BCUT2D eigenvalue weighted by Crippen LogP contribution is -2.13. The van der Waals surface area contributed by atoms with Crippen molar-refractivity contribution < 1.29 is 8.42 Å². The lowest BCUT2D eigenvalue weighted by atomic mass is 10.1. The Morgan fingerprint density at radius 1 is 1.43 bits per heavy atom. The molecule has 1 heterocycles. The Bertz CT molecular complexity index is 813. The monoisotopic (exact) mass is 304 g/mol. The lowest BCUT2D eigenvalue weighted by molar-refractivity contribution is 0.598. The third kappa shape index (κ3) is 3.62. The molecule has 0 radical (unpaired) electrons. The third-order valence-electron chi connectivity index (χ3n) is 2.77. The van der Waals surface area contributed by atoms with Gasteiger partial charge in [-0.3, -0.25) is 4.72 Å². The highest BCUT2D eigenvalue weighted by Crippen LogP contribution is 2.18. The number of benzene rings is 1. The van der Waals surface area contributed by atoms with Crippen molar-refractivity contribution in [3.63, 3.8) is 0 Å². The standard InChI is InChI=1S/C14H16N4O2S/c1-11-5-6-13(8-12(11)4-3-7-15)17-21(19,20)14-9-18(2)10-16-14/h5-6,8-10,17H,7,15H2,1-2H3. The van der Waals surface area contributed by atoms with Crippen LogP contribution in [0.25, 0.3) is 0 Å². The fraction of sp³-hybridized carbons (Fsp3) is 0.214. The van der Waals surface area contributed by atoms with Gasteiger partial charge in [0.05, 0.1) is 18.6 Å². The first-order valence-electron chi connectivity index (χ1n) is 6.23. The smallest absolute Gasteiger partial charge is 0.280 e. The van der Waals surface area contributed by atoms with Crippen LogP contribution in [0, 0.1) is 18.8 Å². The van der Waals surface area contributed by atoms with E-state index in [0.29, 0.717) is 5.69 Å². The van der Waals surface area contributed by atoms with E-state index in [9.17, 15) is 8.42 Å². The Hall–Kier alpha value is -2.30. The molecule has 0 saturated heterocycles. The van der Waals surface area contributed by atoms with Crippen LogP contribution in [0.1, 0.15) is 11.1 Å². The fourth-order valence-electron chi connectivity index (χ4n) is 1.70. The predicted molar refractivity (Wildman–Crippen MR) is 81.1 cm³/mol. The van der Waals surface area contributed by atoms with E-state index in [4.69, 9.17) is 5.73 Å². The van der Waals surface area contributed by atoms with E-state index >= 15 is 0 Å². The van der Waals surface area contributed by atoms with E-state index in [2.05, 4.69) is 21.5 Å². The number of nitrogens with zero attached hydrogens (tertiary/aromatic N) is 2. The highest BCUT2D eigenvalue weighted by Gasteiger charge is 2.17. The van der Waals surface area contributed by atoms with Crippen LogP contribution in [-0.2, 0) is 17.1 Å². The SMILES string of the molecule is Cc1ccc(NS(=O)(=O)c2cn(C)cn2)cc1C#CCN. The molecule has 0 saturated carbocycles. The average molecular weight is 304 g/mol. The van der Waals surface area contributed by atoms with Crippen LogP contribution in [0.3, 0.4) is 0 Å². The van der Waals surface area contributed by atoms with Crippen molar-refractivity contribution in [1.29, 1.82) is 0 Å². The lowest BCUT2D eigenvalue weighted by Gasteiger charge is -2.07. The van der Waals surface area contributed by atoms with Crippen LogP contribution >= 0.6 is 0 Å². The molecule has 1 aromatic heterocycles. The summed E-state index contributed by atoms with van der Waals surface area (Å²) in [6.07, 6.45) is 2.87. The average Bonchev–Trinajstić information content (AvgIpc) is 2.86. The Morgan fingerprint density at radius 3 is 2.81 bits per heavy atom. The van der Waals surface area contributed by atoms with Crippen molar-refractivity contribution in [2.45, 2.75) is 11.9 Å². The van der Waals surface area contributed by atoms with E-state index in [1.807, 2.05) is 6.92 Å². The number of hydrogen-bond donors (Lipinski definition) is 2. The van der Waals surface area contributed by atoms with Crippen LogP contribution in [0.15, 0.2) is 35.7 Å². The molecule has 6 nitrogen and oxygen atoms in total. The Morgan fingerprint density at radius 2 is 2.19 bits per heavy atom. The van der Waals surface area contributed by atoms with Gasteiger partial charge in [0.1, 0.15) is 0 Å². The van der Waals surface area contributed by atoms with Crippen molar-refractivity contribution in [2.24, 2.45) is 12.8 Å². The summed E-state index contributed by atoms with van der Waals surface area (Å²) in [7, 11) is -1.99. The second-order valence-electron chi connectivity index (χ2n) is 4.52. The van der Waals surface area contributed by atoms with Crippen molar-refractivity contribution in [1.82, 2.24) is 9.55 Å². The summed E-state index contributed by atoms with van der Waals surface area (Å²) in [5.74, 6) is 5.67. The van der Waals surface area contributed by atoms with Crippen LogP contribution < -0.4 is 10.5 Å². The van der Waals surface area contributed by atoms with Crippen molar-refractivity contribution in [3.05, 3.63) is 41.9 Å². The van der Waals surface area contributed by atoms with Gasteiger partial charge in [0.15, 0.2) is 5.03 Å². The van der Waals surface area contributed by atoms with E-state index in [1.165, 1.54) is 12.5 Å². The molecule has 3 N–H and O–H groups in total. The minimum absolute atomic E-state index is 0.0276. The zero-order valence-corrected chi connectivity index (χ0v) is 12.6. The van der Waals surface area contributed by atoms with Gasteiger partial charge in [-0.05, 0) is 24.6 Å². The van der Waals surface area contributed by atoms with Gasteiger partial charge in [-0.15, -0.1) is 0 Å². The van der Waals surface area contributed by atoms with Gasteiger partial charge in [-0.1, -0.05) is 17.9 Å². The minimum Gasteiger partial charge on any atom is -0.339 e. The summed E-state index contributed by atoms with van der Waals surface area (Å²) >= 11 is 0. The molecule has 21 heavy (non-hydrogen) atoms. The molecule has 0 unspecified atom stereocenters. The molecule has 0 fully saturated rings. The van der Waals surface area contributed by atoms with Gasteiger partial charge in [-0.25, -0.2) is 4.98 Å². The number of rotatable bonds is 3. The minimum atomic E-state index is -3.70. The Kier molecular flexibility index (Phi) is 4.31. The third-order valence-corrected chi connectivity index (χ3v) is 4.04. The number of sulfonamides is 1. The molecule has 0 spiro atoms. The molecular formula is C14H16N4O2S. The van der Waals surface area contributed by atoms with E-state index < -0.39 is 10.0 Å². The van der Waals surface area contributed by atoms with Crippen LogP contribution in [0.2, 0.25) is 0 Å². The topological polar surface area (TPSA) is 90.0 Å². The summed E-state index contributed by atoms with van der Waals surface area (Å²) in [6.45, 7) is 2.15. The predicted octanol–water partition coefficient (Wildman–Crippen LogP) is 0.840. The van der Waals surface area contributed by atoms with E-state index in [-0.39, 0.29) is 11.6 Å². The molecule has 0 bridgehead atoms. The molecule has 1 aromatic carbocycles. The number of hydrogen-bond acceptors (Lipinski definition) is 4. The highest BCUT2D eigenvalue weighted by atomic mass is 32.2. The summed E-state index contributed by atoms with van der Waals surface area (Å²) in [5.41, 5.74) is 7.48.